The van der Waals surface area contributed by atoms with Gasteiger partial charge in [-0.2, -0.15) is 13.2 Å². The zero-order chi connectivity index (χ0) is 18.4. The average Bonchev–Trinajstić information content (AvgIpc) is 2.56. The van der Waals surface area contributed by atoms with Crippen molar-refractivity contribution in [2.24, 2.45) is 0 Å². The van der Waals surface area contributed by atoms with Crippen molar-refractivity contribution in [3.63, 3.8) is 0 Å². The molecule has 0 aliphatic carbocycles. The van der Waals surface area contributed by atoms with Crippen LogP contribution in [0.3, 0.4) is 0 Å². The molecule has 5 nitrogen and oxygen atoms in total. The van der Waals surface area contributed by atoms with Crippen molar-refractivity contribution >= 4 is 5.97 Å². The van der Waals surface area contributed by atoms with Crippen LogP contribution >= 0.6 is 0 Å². The first-order valence-electron chi connectivity index (χ1n) is 7.43. The molecule has 0 saturated heterocycles. The van der Waals surface area contributed by atoms with Crippen molar-refractivity contribution < 1.29 is 32.2 Å². The molecule has 0 fully saturated rings. The maximum absolute atomic E-state index is 12.7. The van der Waals surface area contributed by atoms with Crippen molar-refractivity contribution in [1.29, 1.82) is 0 Å². The lowest BCUT2D eigenvalue weighted by Crippen LogP contribution is -2.25. The van der Waals surface area contributed by atoms with Crippen molar-refractivity contribution in [1.82, 2.24) is 4.98 Å². The van der Waals surface area contributed by atoms with Crippen LogP contribution in [0.1, 0.15) is 19.4 Å². The molecule has 0 radical (unpaired) electrons. The largest absolute Gasteiger partial charge is 0.479 e. The quantitative estimate of drug-likeness (QED) is 0.726. The van der Waals surface area contributed by atoms with E-state index in [1.807, 2.05) is 0 Å². The fraction of sp³-hybridized carbons (Fsp3) is 0.294. The van der Waals surface area contributed by atoms with Crippen LogP contribution in [0.4, 0.5) is 13.2 Å². The second-order valence-electron chi connectivity index (χ2n) is 4.99. The van der Waals surface area contributed by atoms with E-state index in [-0.39, 0.29) is 12.4 Å². The van der Waals surface area contributed by atoms with Crippen LogP contribution in [0.2, 0.25) is 0 Å². The molecule has 1 unspecified atom stereocenters. The molecule has 2 aromatic rings. The van der Waals surface area contributed by atoms with Gasteiger partial charge in [0.15, 0.2) is 6.10 Å². The van der Waals surface area contributed by atoms with Crippen LogP contribution in [0, 0.1) is 0 Å². The minimum absolute atomic E-state index is 0.0385. The molecule has 1 aromatic heterocycles. The highest BCUT2D eigenvalue weighted by atomic mass is 19.4. The Morgan fingerprint density at radius 2 is 1.76 bits per heavy atom. The van der Waals surface area contributed by atoms with Crippen LogP contribution in [0.25, 0.3) is 0 Å². The second-order valence-corrected chi connectivity index (χ2v) is 4.99. The molecule has 134 valence electrons. The van der Waals surface area contributed by atoms with Gasteiger partial charge in [0.1, 0.15) is 17.2 Å². The summed E-state index contributed by atoms with van der Waals surface area (Å²) in [5.74, 6) is 0.175. The Morgan fingerprint density at radius 1 is 1.12 bits per heavy atom. The zero-order valence-electron chi connectivity index (χ0n) is 13.5. The first kappa shape index (κ1) is 18.6. The van der Waals surface area contributed by atoms with Gasteiger partial charge in [-0.1, -0.05) is 0 Å². The number of nitrogens with zero attached hydrogens (tertiary/aromatic N) is 1. The van der Waals surface area contributed by atoms with E-state index >= 15 is 0 Å². The summed E-state index contributed by atoms with van der Waals surface area (Å²) in [6, 6.07) is 6.94. The Kier molecular flexibility index (Phi) is 5.84. The number of hydrogen-bond donors (Lipinski definition) is 0. The maximum Gasteiger partial charge on any atom is 0.418 e. The van der Waals surface area contributed by atoms with Gasteiger partial charge in [0, 0.05) is 6.20 Å². The highest BCUT2D eigenvalue weighted by Gasteiger charge is 2.31. The third-order valence-corrected chi connectivity index (χ3v) is 3.03. The molecule has 25 heavy (non-hydrogen) atoms. The number of hydrogen-bond acceptors (Lipinski definition) is 5. The van der Waals surface area contributed by atoms with Gasteiger partial charge in [0.05, 0.1) is 18.4 Å². The second kappa shape index (κ2) is 7.87. The molecule has 0 bridgehead atoms. The number of carbonyl (C=O) groups excluding carboxylic acids is 1. The summed E-state index contributed by atoms with van der Waals surface area (Å²) in [7, 11) is 0. The number of carbonyl (C=O) groups is 1. The van der Waals surface area contributed by atoms with Gasteiger partial charge in [0.25, 0.3) is 0 Å². The molecule has 0 amide bonds. The Bertz CT molecular complexity index is 717. The first-order chi connectivity index (χ1) is 11.8. The zero-order valence-corrected chi connectivity index (χ0v) is 13.5. The molecular formula is C17H16F3NO4. The van der Waals surface area contributed by atoms with E-state index in [0.29, 0.717) is 11.5 Å². The van der Waals surface area contributed by atoms with Gasteiger partial charge in [-0.05, 0) is 44.2 Å². The number of aromatic nitrogens is 1. The fourth-order valence-electron chi connectivity index (χ4n) is 1.86. The van der Waals surface area contributed by atoms with Crippen LogP contribution in [-0.2, 0) is 15.7 Å². The van der Waals surface area contributed by atoms with E-state index in [1.165, 1.54) is 30.5 Å². The molecule has 0 N–H and O–H groups in total. The minimum Gasteiger partial charge on any atom is -0.479 e. The number of pyridine rings is 1. The third-order valence-electron chi connectivity index (χ3n) is 3.03. The lowest BCUT2D eigenvalue weighted by atomic mass is 10.2. The highest BCUT2D eigenvalue weighted by molar-refractivity contribution is 5.74. The fourth-order valence-corrected chi connectivity index (χ4v) is 1.86. The molecule has 0 aliphatic rings. The van der Waals surface area contributed by atoms with E-state index in [2.05, 4.69) is 4.98 Å². The molecule has 0 spiro atoms. The third kappa shape index (κ3) is 5.37. The average molecular weight is 355 g/mol. The molecule has 1 atom stereocenters. The summed E-state index contributed by atoms with van der Waals surface area (Å²) < 4.78 is 53.5. The Hall–Kier alpha value is -2.77. The van der Waals surface area contributed by atoms with Gasteiger partial charge in [0.2, 0.25) is 0 Å². The van der Waals surface area contributed by atoms with E-state index in [9.17, 15) is 18.0 Å². The van der Waals surface area contributed by atoms with Gasteiger partial charge in [-0.3, -0.25) is 4.98 Å². The molecule has 2 rings (SSSR count). The van der Waals surface area contributed by atoms with Gasteiger partial charge in [-0.25, -0.2) is 4.79 Å². The number of benzene rings is 1. The van der Waals surface area contributed by atoms with Crippen LogP contribution < -0.4 is 9.47 Å². The summed E-state index contributed by atoms with van der Waals surface area (Å²) in [6.45, 7) is 3.50. The van der Waals surface area contributed by atoms with Crippen LogP contribution in [0.5, 0.6) is 17.2 Å². The standard InChI is InChI=1S/C17H16F3NO4/c1-3-23-16(22)11(2)24-13-4-6-14(7-5-13)25-15-8-12(9-21-10-15)17(18,19)20/h4-11H,3H2,1-2H3. The van der Waals surface area contributed by atoms with Gasteiger partial charge in [-0.15, -0.1) is 0 Å². The highest BCUT2D eigenvalue weighted by Crippen LogP contribution is 2.32. The molecule has 0 aliphatic heterocycles. The predicted molar refractivity (Wildman–Crippen MR) is 82.5 cm³/mol. The number of alkyl halides is 3. The lowest BCUT2D eigenvalue weighted by Gasteiger charge is -2.14. The van der Waals surface area contributed by atoms with Crippen LogP contribution in [-0.4, -0.2) is 23.7 Å². The van der Waals surface area contributed by atoms with Crippen molar-refractivity contribution in [2.75, 3.05) is 6.61 Å². The van der Waals surface area contributed by atoms with Crippen LogP contribution in [0.15, 0.2) is 42.7 Å². The summed E-state index contributed by atoms with van der Waals surface area (Å²) >= 11 is 0. The monoisotopic (exact) mass is 355 g/mol. The van der Waals surface area contributed by atoms with E-state index < -0.39 is 23.8 Å². The number of halogens is 3. The summed E-state index contributed by atoms with van der Waals surface area (Å²) in [4.78, 5) is 15.0. The molecule has 0 saturated carbocycles. The normalized spacial score (nSPS) is 12.4. The number of esters is 1. The number of rotatable bonds is 6. The molecular weight excluding hydrogens is 339 g/mol. The molecule has 8 heteroatoms. The summed E-state index contributed by atoms with van der Waals surface area (Å²) in [6.07, 6.45) is -3.37. The van der Waals surface area contributed by atoms with E-state index in [0.717, 1.165) is 12.3 Å². The van der Waals surface area contributed by atoms with Crippen molar-refractivity contribution in [2.45, 2.75) is 26.1 Å². The SMILES string of the molecule is CCOC(=O)C(C)Oc1ccc(Oc2cncc(C(F)(F)F)c2)cc1. The first-order valence-corrected chi connectivity index (χ1v) is 7.43. The van der Waals surface area contributed by atoms with Crippen molar-refractivity contribution in [3.05, 3.63) is 48.3 Å². The lowest BCUT2D eigenvalue weighted by molar-refractivity contribution is -0.150. The smallest absolute Gasteiger partial charge is 0.418 e. The van der Waals surface area contributed by atoms with Gasteiger partial charge < -0.3 is 14.2 Å². The predicted octanol–water partition coefficient (Wildman–Crippen LogP) is 4.22. The van der Waals surface area contributed by atoms with E-state index in [4.69, 9.17) is 14.2 Å². The minimum atomic E-state index is -4.49. The summed E-state index contributed by atoms with van der Waals surface area (Å²) in [5, 5.41) is 0. The summed E-state index contributed by atoms with van der Waals surface area (Å²) in [5.41, 5.74) is -0.895. The van der Waals surface area contributed by atoms with E-state index in [1.54, 1.807) is 13.8 Å². The topological polar surface area (TPSA) is 57.7 Å². The number of ether oxygens (including phenoxy) is 3. The molecule has 1 heterocycles. The van der Waals surface area contributed by atoms with Gasteiger partial charge >= 0.3 is 12.1 Å². The Balaban J connectivity index is 2.02. The maximum atomic E-state index is 12.7. The van der Waals surface area contributed by atoms with Crippen molar-refractivity contribution in [3.8, 4) is 17.2 Å². The Labute approximate surface area is 142 Å². The Morgan fingerprint density at radius 3 is 2.36 bits per heavy atom. The molecule has 1 aromatic carbocycles.